The lowest BCUT2D eigenvalue weighted by Crippen LogP contribution is -2.33. The third-order valence-corrected chi connectivity index (χ3v) is 6.69. The van der Waals surface area contributed by atoms with Crippen LogP contribution in [0, 0.1) is 13.8 Å². The van der Waals surface area contributed by atoms with Gasteiger partial charge in [0.1, 0.15) is 11.5 Å². The number of carbonyl (C=O) groups excluding carboxylic acids is 3. The summed E-state index contributed by atoms with van der Waals surface area (Å²) in [6.07, 6.45) is 1.54. The minimum atomic E-state index is -0.493. The molecule has 31 heavy (non-hydrogen) atoms. The van der Waals surface area contributed by atoms with Gasteiger partial charge in [-0.05, 0) is 55.4 Å². The van der Waals surface area contributed by atoms with Crippen LogP contribution in [0.25, 0.3) is 17.4 Å². The zero-order valence-electron chi connectivity index (χ0n) is 16.8. The fourth-order valence-electron chi connectivity index (χ4n) is 3.12. The quantitative estimate of drug-likeness (QED) is 0.309. The number of halogens is 1. The number of imide groups is 1. The Kier molecular flexibility index (Phi) is 5.98. The first kappa shape index (κ1) is 21.3. The van der Waals surface area contributed by atoms with Crippen molar-refractivity contribution in [2.24, 2.45) is 0 Å². The Bertz CT molecular complexity index is 1230. The van der Waals surface area contributed by atoms with E-state index in [4.69, 9.17) is 4.42 Å². The standard InChI is InChI=1S/C24H18BrNO4S/c1-14-3-5-16(6-4-14)20(27)13-26-23(28)22(31-24(26)29)12-18-8-10-21(30-18)17-7-9-19(25)15(2)11-17/h3-12H,13H2,1-2H3/b22-12-. The highest BCUT2D eigenvalue weighted by molar-refractivity contribution is 9.10. The summed E-state index contributed by atoms with van der Waals surface area (Å²) >= 11 is 4.28. The van der Waals surface area contributed by atoms with Gasteiger partial charge in [0.05, 0.1) is 11.4 Å². The number of thioether (sulfide) groups is 1. The lowest BCUT2D eigenvalue weighted by atomic mass is 10.1. The summed E-state index contributed by atoms with van der Waals surface area (Å²) in [4.78, 5) is 38.7. The van der Waals surface area contributed by atoms with Crippen LogP contribution in [0.2, 0.25) is 0 Å². The number of nitrogens with zero attached hydrogens (tertiary/aromatic N) is 1. The molecule has 2 aromatic carbocycles. The summed E-state index contributed by atoms with van der Waals surface area (Å²) in [6, 6.07) is 16.5. The molecule has 2 amide bonds. The maximum absolute atomic E-state index is 12.7. The van der Waals surface area contributed by atoms with Gasteiger partial charge >= 0.3 is 0 Å². The molecule has 0 atom stereocenters. The number of aryl methyl sites for hydroxylation is 2. The number of ketones is 1. The lowest BCUT2D eigenvalue weighted by molar-refractivity contribution is -0.122. The zero-order chi connectivity index (χ0) is 22.1. The largest absolute Gasteiger partial charge is 0.457 e. The van der Waals surface area contributed by atoms with Crippen LogP contribution >= 0.6 is 27.7 Å². The minimum Gasteiger partial charge on any atom is -0.457 e. The third kappa shape index (κ3) is 4.57. The first-order valence-corrected chi connectivity index (χ1v) is 11.1. The van der Waals surface area contributed by atoms with Crippen molar-refractivity contribution in [1.29, 1.82) is 0 Å². The molecule has 1 aliphatic rings. The number of benzene rings is 2. The molecule has 1 aliphatic heterocycles. The summed E-state index contributed by atoms with van der Waals surface area (Å²) < 4.78 is 6.86. The maximum Gasteiger partial charge on any atom is 0.293 e. The second-order valence-corrected chi connectivity index (χ2v) is 9.07. The molecule has 7 heteroatoms. The molecule has 156 valence electrons. The predicted octanol–water partition coefficient (Wildman–Crippen LogP) is 6.25. The summed E-state index contributed by atoms with van der Waals surface area (Å²) in [6.45, 7) is 3.63. The molecule has 0 aliphatic carbocycles. The molecule has 1 aromatic heterocycles. The average molecular weight is 496 g/mol. The molecule has 0 unspecified atom stereocenters. The lowest BCUT2D eigenvalue weighted by Gasteiger charge is -2.11. The van der Waals surface area contributed by atoms with Crippen molar-refractivity contribution >= 4 is 50.7 Å². The maximum atomic E-state index is 12.7. The molecule has 0 N–H and O–H groups in total. The first-order chi connectivity index (χ1) is 14.8. The van der Waals surface area contributed by atoms with Crippen LogP contribution in [0.4, 0.5) is 4.79 Å². The highest BCUT2D eigenvalue weighted by atomic mass is 79.9. The van der Waals surface area contributed by atoms with Crippen LogP contribution in [0.5, 0.6) is 0 Å². The molecule has 0 saturated carbocycles. The van der Waals surface area contributed by atoms with Crippen molar-refractivity contribution in [3.8, 4) is 11.3 Å². The van der Waals surface area contributed by atoms with Crippen LogP contribution in [-0.4, -0.2) is 28.4 Å². The van der Waals surface area contributed by atoms with Crippen molar-refractivity contribution in [2.45, 2.75) is 13.8 Å². The van der Waals surface area contributed by atoms with E-state index in [1.807, 2.05) is 50.2 Å². The van der Waals surface area contributed by atoms with Gasteiger partial charge in [-0.3, -0.25) is 19.3 Å². The van der Waals surface area contributed by atoms with E-state index in [9.17, 15) is 14.4 Å². The monoisotopic (exact) mass is 495 g/mol. The normalized spacial score (nSPS) is 15.2. The average Bonchev–Trinajstić information content (AvgIpc) is 3.31. The van der Waals surface area contributed by atoms with Gasteiger partial charge in [0, 0.05) is 21.7 Å². The molecule has 5 nitrogen and oxygen atoms in total. The topological polar surface area (TPSA) is 67.6 Å². The second kappa shape index (κ2) is 8.69. The van der Waals surface area contributed by atoms with Gasteiger partial charge < -0.3 is 4.42 Å². The molecular formula is C24H18BrNO4S. The summed E-state index contributed by atoms with van der Waals surface area (Å²) in [5, 5.41) is -0.466. The van der Waals surface area contributed by atoms with Crippen molar-refractivity contribution in [3.05, 3.63) is 86.4 Å². The summed E-state index contributed by atoms with van der Waals surface area (Å²) in [5.74, 6) is 0.351. The van der Waals surface area contributed by atoms with E-state index in [1.165, 1.54) is 6.08 Å². The Morgan fingerprint density at radius 2 is 1.81 bits per heavy atom. The third-order valence-electron chi connectivity index (χ3n) is 4.89. The molecule has 1 fully saturated rings. The molecule has 4 rings (SSSR count). The summed E-state index contributed by atoms with van der Waals surface area (Å²) in [5.41, 5.74) is 3.49. The minimum absolute atomic E-state index is 0.231. The van der Waals surface area contributed by atoms with E-state index in [1.54, 1.807) is 18.2 Å². The Balaban J connectivity index is 1.50. The van der Waals surface area contributed by atoms with Gasteiger partial charge in [0.25, 0.3) is 11.1 Å². The van der Waals surface area contributed by atoms with Crippen molar-refractivity contribution in [1.82, 2.24) is 4.90 Å². The van der Waals surface area contributed by atoms with Crippen LogP contribution in [-0.2, 0) is 4.79 Å². The fraction of sp³-hybridized carbons (Fsp3) is 0.125. The van der Waals surface area contributed by atoms with E-state index in [-0.39, 0.29) is 17.2 Å². The van der Waals surface area contributed by atoms with Gasteiger partial charge in [-0.15, -0.1) is 0 Å². The Morgan fingerprint density at radius 1 is 1.06 bits per heavy atom. The van der Waals surface area contributed by atoms with E-state index in [2.05, 4.69) is 15.9 Å². The van der Waals surface area contributed by atoms with Crippen LogP contribution in [0.1, 0.15) is 27.2 Å². The van der Waals surface area contributed by atoms with Crippen molar-refractivity contribution in [2.75, 3.05) is 6.54 Å². The molecule has 2 heterocycles. The predicted molar refractivity (Wildman–Crippen MR) is 125 cm³/mol. The van der Waals surface area contributed by atoms with Crippen LogP contribution in [0.3, 0.4) is 0 Å². The first-order valence-electron chi connectivity index (χ1n) is 9.53. The zero-order valence-corrected chi connectivity index (χ0v) is 19.2. The van der Waals surface area contributed by atoms with E-state index >= 15 is 0 Å². The van der Waals surface area contributed by atoms with Gasteiger partial charge in [-0.1, -0.05) is 51.8 Å². The van der Waals surface area contributed by atoms with Gasteiger partial charge in [-0.25, -0.2) is 0 Å². The van der Waals surface area contributed by atoms with E-state index < -0.39 is 11.1 Å². The van der Waals surface area contributed by atoms with Crippen LogP contribution < -0.4 is 0 Å². The summed E-state index contributed by atoms with van der Waals surface area (Å²) in [7, 11) is 0. The van der Waals surface area contributed by atoms with Gasteiger partial charge in [0.15, 0.2) is 5.78 Å². The Labute approximate surface area is 192 Å². The number of Topliss-reactive ketones (excluding diaryl/α,β-unsaturated/α-hetero) is 1. The molecule has 3 aromatic rings. The number of amides is 2. The van der Waals surface area contributed by atoms with Gasteiger partial charge in [0.2, 0.25) is 0 Å². The molecular weight excluding hydrogens is 478 g/mol. The molecule has 0 spiro atoms. The number of furan rings is 1. The van der Waals surface area contributed by atoms with E-state index in [0.29, 0.717) is 17.1 Å². The molecule has 0 bridgehead atoms. The number of carbonyl (C=O) groups is 3. The molecule has 1 saturated heterocycles. The number of hydrogen-bond acceptors (Lipinski definition) is 5. The number of hydrogen-bond donors (Lipinski definition) is 0. The Morgan fingerprint density at radius 3 is 2.52 bits per heavy atom. The van der Waals surface area contributed by atoms with Crippen LogP contribution in [0.15, 0.2) is 68.4 Å². The smallest absolute Gasteiger partial charge is 0.293 e. The fourth-order valence-corrected chi connectivity index (χ4v) is 4.19. The van der Waals surface area contributed by atoms with Crippen molar-refractivity contribution in [3.63, 3.8) is 0 Å². The number of rotatable bonds is 5. The Hall–Kier alpha value is -2.90. The van der Waals surface area contributed by atoms with Crippen molar-refractivity contribution < 1.29 is 18.8 Å². The molecule has 0 radical (unpaired) electrons. The highest BCUT2D eigenvalue weighted by Gasteiger charge is 2.36. The highest BCUT2D eigenvalue weighted by Crippen LogP contribution is 2.34. The SMILES string of the molecule is Cc1ccc(C(=O)CN2C(=O)S/C(=C\c3ccc(-c4ccc(Br)c(C)c4)o3)C2=O)cc1. The second-order valence-electron chi connectivity index (χ2n) is 7.22. The van der Waals surface area contributed by atoms with Gasteiger partial charge in [-0.2, -0.15) is 0 Å². The van der Waals surface area contributed by atoms with E-state index in [0.717, 1.165) is 37.8 Å².